The normalized spacial score (nSPS) is 13.9. The average Bonchev–Trinajstić information content (AvgIpc) is 2.62. The molecule has 0 amide bonds. The van der Waals surface area contributed by atoms with Gasteiger partial charge in [-0.2, -0.15) is 0 Å². The molecule has 5 heteroatoms. The van der Waals surface area contributed by atoms with Crippen molar-refractivity contribution < 1.29 is 8.42 Å². The van der Waals surface area contributed by atoms with Crippen LogP contribution in [0, 0.1) is 0 Å². The highest BCUT2D eigenvalue weighted by Gasteiger charge is 2.07. The summed E-state index contributed by atoms with van der Waals surface area (Å²) in [6.07, 6.45) is 5.19. The number of hydrogen-bond donors (Lipinski definition) is 1. The van der Waals surface area contributed by atoms with Gasteiger partial charge in [0.05, 0.1) is 5.75 Å². The molecule has 0 aliphatic rings. The van der Waals surface area contributed by atoms with Crippen LogP contribution >= 0.6 is 0 Å². The molecule has 0 aromatic carbocycles. The number of aromatic nitrogens is 1. The van der Waals surface area contributed by atoms with Gasteiger partial charge in [-0.3, -0.25) is 0 Å². The van der Waals surface area contributed by atoms with Gasteiger partial charge in [-0.25, -0.2) is 8.42 Å². The van der Waals surface area contributed by atoms with Crippen LogP contribution in [0.1, 0.15) is 25.5 Å². The maximum Gasteiger partial charge on any atom is 0.149 e. The Balaban J connectivity index is 2.58. The van der Waals surface area contributed by atoms with Crippen LogP contribution in [-0.2, 0) is 16.4 Å². The molecular formula is C11H20N2O2S. The Hall–Kier alpha value is -0.810. The Morgan fingerprint density at radius 2 is 2.19 bits per heavy atom. The number of hydrogen-bond acceptors (Lipinski definition) is 3. The molecule has 1 unspecified atom stereocenters. The zero-order valence-electron chi connectivity index (χ0n) is 10.1. The molecule has 92 valence electrons. The second-order valence-electron chi connectivity index (χ2n) is 4.09. The summed E-state index contributed by atoms with van der Waals surface area (Å²) in [6, 6.07) is 2.33. The van der Waals surface area contributed by atoms with Crippen molar-refractivity contribution in [1.82, 2.24) is 9.88 Å². The molecule has 4 nitrogen and oxygen atoms in total. The molecule has 0 bridgehead atoms. The molecule has 0 saturated heterocycles. The van der Waals surface area contributed by atoms with Crippen LogP contribution in [0.25, 0.3) is 0 Å². The van der Waals surface area contributed by atoms with Crippen LogP contribution in [0.3, 0.4) is 0 Å². The molecule has 1 aromatic heterocycles. The first-order chi connectivity index (χ1) is 7.42. The number of nitrogens with one attached hydrogen (secondary N) is 1. The van der Waals surface area contributed by atoms with E-state index in [1.165, 1.54) is 11.8 Å². The van der Waals surface area contributed by atoms with Gasteiger partial charge in [0.1, 0.15) is 9.84 Å². The van der Waals surface area contributed by atoms with Crippen LogP contribution in [0.5, 0.6) is 0 Å². The standard InChI is InChI=1S/C11H20N2O2S/c1-4-12-10(2)11-5-6-13(9-11)7-8-16(3,14)15/h5-6,9-10,12H,4,7-8H2,1-3H3. The van der Waals surface area contributed by atoms with Gasteiger partial charge < -0.3 is 9.88 Å². The largest absolute Gasteiger partial charge is 0.353 e. The van der Waals surface area contributed by atoms with Gasteiger partial charge in [0.15, 0.2) is 0 Å². The maximum absolute atomic E-state index is 11.0. The second kappa shape index (κ2) is 5.50. The first kappa shape index (κ1) is 13.3. The minimum absolute atomic E-state index is 0.191. The van der Waals surface area contributed by atoms with Crippen LogP contribution in [0.4, 0.5) is 0 Å². The molecule has 0 spiro atoms. The van der Waals surface area contributed by atoms with Gasteiger partial charge in [-0.05, 0) is 25.1 Å². The summed E-state index contributed by atoms with van der Waals surface area (Å²) in [6.45, 7) is 5.62. The van der Waals surface area contributed by atoms with Crippen molar-refractivity contribution in [3.05, 3.63) is 24.0 Å². The molecule has 1 heterocycles. The van der Waals surface area contributed by atoms with Crippen LogP contribution in [-0.4, -0.2) is 31.5 Å². The van der Waals surface area contributed by atoms with Crippen molar-refractivity contribution in [2.24, 2.45) is 0 Å². The molecule has 1 N–H and O–H groups in total. The van der Waals surface area contributed by atoms with E-state index in [2.05, 4.69) is 19.2 Å². The van der Waals surface area contributed by atoms with Gasteiger partial charge in [-0.15, -0.1) is 0 Å². The topological polar surface area (TPSA) is 51.1 Å². The number of aryl methyl sites for hydroxylation is 1. The third-order valence-corrected chi connectivity index (χ3v) is 3.43. The number of sulfone groups is 1. The lowest BCUT2D eigenvalue weighted by atomic mass is 10.2. The second-order valence-corrected chi connectivity index (χ2v) is 6.35. The van der Waals surface area contributed by atoms with Crippen molar-refractivity contribution in [3.8, 4) is 0 Å². The van der Waals surface area contributed by atoms with E-state index in [1.54, 1.807) is 0 Å². The molecule has 1 aromatic rings. The summed E-state index contributed by atoms with van der Waals surface area (Å²) in [5, 5.41) is 3.32. The van der Waals surface area contributed by atoms with Crippen molar-refractivity contribution in [1.29, 1.82) is 0 Å². The molecule has 0 aliphatic heterocycles. The SMILES string of the molecule is CCNC(C)c1ccn(CCS(C)(=O)=O)c1. The van der Waals surface area contributed by atoms with Gasteiger partial charge in [0.25, 0.3) is 0 Å². The lowest BCUT2D eigenvalue weighted by Gasteiger charge is -2.09. The quantitative estimate of drug-likeness (QED) is 0.818. The highest BCUT2D eigenvalue weighted by atomic mass is 32.2. The van der Waals surface area contributed by atoms with E-state index in [0.29, 0.717) is 12.6 Å². The Bertz CT molecular complexity index is 423. The minimum atomic E-state index is -2.88. The fourth-order valence-corrected chi connectivity index (χ4v) is 2.09. The lowest BCUT2D eigenvalue weighted by molar-refractivity contribution is 0.590. The third-order valence-electron chi connectivity index (χ3n) is 2.50. The summed E-state index contributed by atoms with van der Waals surface area (Å²) in [4.78, 5) is 0. The maximum atomic E-state index is 11.0. The van der Waals surface area contributed by atoms with E-state index in [9.17, 15) is 8.42 Å². The molecule has 0 fully saturated rings. The summed E-state index contributed by atoms with van der Waals surface area (Å²) in [5.74, 6) is 0.191. The van der Waals surface area contributed by atoms with Crippen LogP contribution < -0.4 is 5.32 Å². The highest BCUT2D eigenvalue weighted by molar-refractivity contribution is 7.90. The van der Waals surface area contributed by atoms with Gasteiger partial charge in [0.2, 0.25) is 0 Å². The Kier molecular flexibility index (Phi) is 4.56. The van der Waals surface area contributed by atoms with E-state index >= 15 is 0 Å². The summed E-state index contributed by atoms with van der Waals surface area (Å²) < 4.78 is 24.0. The minimum Gasteiger partial charge on any atom is -0.353 e. The van der Waals surface area contributed by atoms with Gasteiger partial charge in [-0.1, -0.05) is 6.92 Å². The van der Waals surface area contributed by atoms with E-state index in [4.69, 9.17) is 0 Å². The molecule has 0 radical (unpaired) electrons. The van der Waals surface area contributed by atoms with Gasteiger partial charge in [0, 0.05) is 31.2 Å². The van der Waals surface area contributed by atoms with Crippen molar-refractivity contribution >= 4 is 9.84 Å². The van der Waals surface area contributed by atoms with Crippen LogP contribution in [0.2, 0.25) is 0 Å². The van der Waals surface area contributed by atoms with Crippen LogP contribution in [0.15, 0.2) is 18.5 Å². The molecular weight excluding hydrogens is 224 g/mol. The summed E-state index contributed by atoms with van der Waals surface area (Å²) in [5.41, 5.74) is 1.19. The lowest BCUT2D eigenvalue weighted by Crippen LogP contribution is -2.17. The number of nitrogens with zero attached hydrogens (tertiary/aromatic N) is 1. The highest BCUT2D eigenvalue weighted by Crippen LogP contribution is 2.12. The fourth-order valence-electron chi connectivity index (χ4n) is 1.55. The van der Waals surface area contributed by atoms with E-state index < -0.39 is 9.84 Å². The predicted octanol–water partition coefficient (Wildman–Crippen LogP) is 1.20. The number of rotatable bonds is 6. The zero-order valence-corrected chi connectivity index (χ0v) is 10.9. The summed E-state index contributed by atoms with van der Waals surface area (Å²) in [7, 11) is -2.88. The Labute approximate surface area is 97.6 Å². The van der Waals surface area contributed by atoms with Crippen molar-refractivity contribution in [3.63, 3.8) is 0 Å². The molecule has 16 heavy (non-hydrogen) atoms. The molecule has 0 saturated carbocycles. The van der Waals surface area contributed by atoms with E-state index in [1.807, 2.05) is 23.0 Å². The predicted molar refractivity (Wildman–Crippen MR) is 66.2 cm³/mol. The average molecular weight is 244 g/mol. The summed E-state index contributed by atoms with van der Waals surface area (Å²) >= 11 is 0. The van der Waals surface area contributed by atoms with E-state index in [0.717, 1.165) is 6.54 Å². The molecule has 1 atom stereocenters. The molecule has 1 rings (SSSR count). The van der Waals surface area contributed by atoms with Gasteiger partial charge >= 0.3 is 0 Å². The smallest absolute Gasteiger partial charge is 0.149 e. The Morgan fingerprint density at radius 3 is 2.75 bits per heavy atom. The Morgan fingerprint density at radius 1 is 1.50 bits per heavy atom. The first-order valence-electron chi connectivity index (χ1n) is 5.49. The molecule has 0 aliphatic carbocycles. The van der Waals surface area contributed by atoms with E-state index in [-0.39, 0.29) is 5.75 Å². The monoisotopic (exact) mass is 244 g/mol. The zero-order chi connectivity index (χ0) is 12.2. The third kappa shape index (κ3) is 4.37. The fraction of sp³-hybridized carbons (Fsp3) is 0.636. The van der Waals surface area contributed by atoms with Crippen molar-refractivity contribution in [2.75, 3.05) is 18.6 Å². The van der Waals surface area contributed by atoms with Crippen molar-refractivity contribution in [2.45, 2.75) is 26.4 Å². The first-order valence-corrected chi connectivity index (χ1v) is 7.55.